The molecule has 0 bridgehead atoms. The third-order valence-corrected chi connectivity index (χ3v) is 14.1. The Balaban J connectivity index is 1.54. The Kier molecular flexibility index (Phi) is 11.3. The van der Waals surface area contributed by atoms with Crippen molar-refractivity contribution in [2.75, 3.05) is 6.54 Å². The zero-order valence-corrected chi connectivity index (χ0v) is 31.7. The van der Waals surface area contributed by atoms with Crippen molar-refractivity contribution in [3.05, 3.63) is 79.2 Å². The van der Waals surface area contributed by atoms with Gasteiger partial charge in [0.15, 0.2) is 12.6 Å². The molecule has 6 rings (SSSR count). The van der Waals surface area contributed by atoms with Gasteiger partial charge in [-0.2, -0.15) is 0 Å². The summed E-state index contributed by atoms with van der Waals surface area (Å²) in [4.78, 5) is 63.7. The van der Waals surface area contributed by atoms with Crippen LogP contribution in [0.5, 0.6) is 0 Å². The number of hydrogen-bond acceptors (Lipinski definition) is 8. The molecule has 49 heavy (non-hydrogen) atoms. The molecule has 256 valence electrons. The minimum absolute atomic E-state index is 0.0378. The Morgan fingerprint density at radius 3 is 1.59 bits per heavy atom. The molecule has 2 unspecified atom stereocenters. The van der Waals surface area contributed by atoms with E-state index in [2.05, 4.69) is 27.7 Å². The van der Waals surface area contributed by atoms with Gasteiger partial charge in [0.2, 0.25) is 0 Å². The highest BCUT2D eigenvalue weighted by atomic mass is 32.1. The molecule has 2 atom stereocenters. The van der Waals surface area contributed by atoms with Gasteiger partial charge >= 0.3 is 0 Å². The molecule has 4 aromatic rings. The SMILES string of the molecule is CCCCC(CC)CN1C(=O)C2=C(c3ccc(-c4ccc(C=O)s4)s3)N(C(CC)CCCC)C(=O)C2=C1c1ccc(-c2ccc(C=O)s2)s1. The first-order valence-electron chi connectivity index (χ1n) is 17.3. The van der Waals surface area contributed by atoms with Gasteiger partial charge in [-0.05, 0) is 73.7 Å². The molecule has 2 amide bonds. The second-order valence-corrected chi connectivity index (χ2v) is 17.0. The first-order valence-corrected chi connectivity index (χ1v) is 20.6. The van der Waals surface area contributed by atoms with E-state index in [0.29, 0.717) is 33.4 Å². The van der Waals surface area contributed by atoms with Crippen LogP contribution in [0.1, 0.15) is 108 Å². The van der Waals surface area contributed by atoms with E-state index in [1.165, 1.54) is 22.7 Å². The minimum atomic E-state index is -0.0974. The monoisotopic (exact) mass is 730 g/mol. The van der Waals surface area contributed by atoms with E-state index in [9.17, 15) is 19.2 Å². The summed E-state index contributed by atoms with van der Waals surface area (Å²) in [5, 5.41) is 0. The van der Waals surface area contributed by atoms with Gasteiger partial charge in [-0.15, -0.1) is 45.3 Å². The molecule has 0 fully saturated rings. The topological polar surface area (TPSA) is 74.8 Å². The molecule has 6 nitrogen and oxygen atoms in total. The first-order chi connectivity index (χ1) is 23.9. The number of thiophene rings is 4. The number of fused-ring (bicyclic) bond motifs is 1. The van der Waals surface area contributed by atoms with Crippen LogP contribution >= 0.6 is 45.3 Å². The summed E-state index contributed by atoms with van der Waals surface area (Å²) in [5.41, 5.74) is 2.48. The smallest absolute Gasteiger partial charge is 0.261 e. The van der Waals surface area contributed by atoms with Crippen molar-refractivity contribution >= 4 is 81.1 Å². The van der Waals surface area contributed by atoms with Crippen molar-refractivity contribution in [3.8, 4) is 19.5 Å². The average molecular weight is 731 g/mol. The van der Waals surface area contributed by atoms with Crippen LogP contribution in [0.25, 0.3) is 30.9 Å². The number of carbonyl (C=O) groups excluding carboxylic acids is 4. The molecule has 4 aromatic heterocycles. The molecule has 6 heterocycles. The Labute approximate surface area is 304 Å². The summed E-state index contributed by atoms with van der Waals surface area (Å²) in [7, 11) is 0. The molecule has 0 radical (unpaired) electrons. The molecule has 0 N–H and O–H groups in total. The highest BCUT2D eigenvalue weighted by molar-refractivity contribution is 7.24. The van der Waals surface area contributed by atoms with Crippen LogP contribution in [0.2, 0.25) is 0 Å². The molecule has 2 aliphatic rings. The summed E-state index contributed by atoms with van der Waals surface area (Å²) >= 11 is 6.04. The van der Waals surface area contributed by atoms with Crippen LogP contribution in [-0.2, 0) is 9.59 Å². The number of carbonyl (C=O) groups is 4. The van der Waals surface area contributed by atoms with E-state index in [4.69, 9.17) is 0 Å². The second kappa shape index (κ2) is 15.6. The van der Waals surface area contributed by atoms with Gasteiger partial charge in [0.05, 0.1) is 42.0 Å². The lowest BCUT2D eigenvalue weighted by Gasteiger charge is -2.31. The maximum atomic E-state index is 15.0. The van der Waals surface area contributed by atoms with E-state index >= 15 is 0 Å². The standard InChI is InChI=1S/C39H42N2O4S4/c1-5-9-11-24(7-3)21-40-36(32-19-17-30(48-32)28-15-13-26(22-42)46-28)34-35(38(40)44)37(41(39(34)45)25(8-4)12-10-6-2)33-20-18-31(49-33)29-16-14-27(23-43)47-29/h13-20,22-25H,5-12,21H2,1-4H3. The van der Waals surface area contributed by atoms with Crippen LogP contribution < -0.4 is 0 Å². The molecule has 0 aliphatic carbocycles. The second-order valence-electron chi connectivity index (χ2n) is 12.6. The summed E-state index contributed by atoms with van der Waals surface area (Å²) in [6.07, 6.45) is 9.55. The van der Waals surface area contributed by atoms with Crippen LogP contribution in [0, 0.1) is 5.92 Å². The molecule has 0 spiro atoms. The Hall–Kier alpha value is -3.44. The van der Waals surface area contributed by atoms with Crippen molar-refractivity contribution in [2.24, 2.45) is 5.92 Å². The summed E-state index contributed by atoms with van der Waals surface area (Å²) in [6, 6.07) is 15.7. The fourth-order valence-electron chi connectivity index (χ4n) is 6.81. The van der Waals surface area contributed by atoms with Gasteiger partial charge in [0, 0.05) is 32.1 Å². The van der Waals surface area contributed by atoms with E-state index < -0.39 is 0 Å². The molecular weight excluding hydrogens is 689 g/mol. The van der Waals surface area contributed by atoms with Gasteiger partial charge in [0.1, 0.15) is 0 Å². The highest BCUT2D eigenvalue weighted by Gasteiger charge is 2.51. The molecule has 10 heteroatoms. The molecule has 0 saturated carbocycles. The van der Waals surface area contributed by atoms with Crippen molar-refractivity contribution in [1.29, 1.82) is 0 Å². The first kappa shape index (κ1) is 35.4. The van der Waals surface area contributed by atoms with Crippen LogP contribution in [0.3, 0.4) is 0 Å². The normalized spacial score (nSPS) is 15.9. The predicted molar refractivity (Wildman–Crippen MR) is 205 cm³/mol. The fraction of sp³-hybridized carbons (Fsp3) is 0.385. The maximum Gasteiger partial charge on any atom is 0.261 e. The number of unbranched alkanes of at least 4 members (excludes halogenated alkanes) is 2. The van der Waals surface area contributed by atoms with E-state index in [0.717, 1.165) is 105 Å². The fourth-order valence-corrected chi connectivity index (χ4v) is 10.8. The van der Waals surface area contributed by atoms with Crippen molar-refractivity contribution < 1.29 is 19.2 Å². The zero-order valence-electron chi connectivity index (χ0n) is 28.5. The molecular formula is C39H42N2O4S4. The number of amides is 2. The van der Waals surface area contributed by atoms with Crippen molar-refractivity contribution in [2.45, 2.75) is 85.1 Å². The van der Waals surface area contributed by atoms with Gasteiger partial charge in [-0.1, -0.05) is 59.8 Å². The number of hydrogen-bond donors (Lipinski definition) is 0. The predicted octanol–water partition coefficient (Wildman–Crippen LogP) is 10.9. The lowest BCUT2D eigenvalue weighted by Crippen LogP contribution is -2.37. The Morgan fingerprint density at radius 2 is 1.08 bits per heavy atom. The maximum absolute atomic E-state index is 15.0. The molecule has 0 saturated heterocycles. The summed E-state index contributed by atoms with van der Waals surface area (Å²) in [5.74, 6) is 0.122. The van der Waals surface area contributed by atoms with Gasteiger partial charge in [0.25, 0.3) is 11.8 Å². The lowest BCUT2D eigenvalue weighted by molar-refractivity contribution is -0.125. The molecule has 0 aromatic carbocycles. The van der Waals surface area contributed by atoms with E-state index in [1.807, 2.05) is 58.3 Å². The van der Waals surface area contributed by atoms with Crippen LogP contribution in [0.4, 0.5) is 0 Å². The Bertz CT molecular complexity index is 1920. The highest BCUT2D eigenvalue weighted by Crippen LogP contribution is 2.51. The third-order valence-electron chi connectivity index (χ3n) is 9.49. The van der Waals surface area contributed by atoms with E-state index in [-0.39, 0.29) is 17.9 Å². The average Bonchev–Trinajstić information content (AvgIpc) is 3.97. The summed E-state index contributed by atoms with van der Waals surface area (Å²) in [6.45, 7) is 9.23. The lowest BCUT2D eigenvalue weighted by atomic mass is 9.98. The zero-order chi connectivity index (χ0) is 34.7. The Morgan fingerprint density at radius 1 is 0.592 bits per heavy atom. The van der Waals surface area contributed by atoms with Crippen molar-refractivity contribution in [3.63, 3.8) is 0 Å². The quantitative estimate of drug-likeness (QED) is 0.101. The number of rotatable bonds is 17. The van der Waals surface area contributed by atoms with Gasteiger partial charge in [-0.3, -0.25) is 19.2 Å². The third kappa shape index (κ3) is 6.85. The molecule has 2 aliphatic heterocycles. The minimum Gasteiger partial charge on any atom is -0.306 e. The number of aldehydes is 2. The van der Waals surface area contributed by atoms with Gasteiger partial charge in [-0.25, -0.2) is 0 Å². The number of nitrogens with zero attached hydrogens (tertiary/aromatic N) is 2. The van der Waals surface area contributed by atoms with Gasteiger partial charge < -0.3 is 9.80 Å². The van der Waals surface area contributed by atoms with Crippen LogP contribution in [0.15, 0.2) is 59.7 Å². The van der Waals surface area contributed by atoms with Crippen LogP contribution in [-0.4, -0.2) is 46.8 Å². The largest absolute Gasteiger partial charge is 0.306 e. The van der Waals surface area contributed by atoms with E-state index in [1.54, 1.807) is 22.7 Å². The van der Waals surface area contributed by atoms with Crippen molar-refractivity contribution in [1.82, 2.24) is 9.80 Å². The summed E-state index contributed by atoms with van der Waals surface area (Å²) < 4.78 is 0.